The van der Waals surface area contributed by atoms with Crippen LogP contribution in [0.2, 0.25) is 5.02 Å². The van der Waals surface area contributed by atoms with Gasteiger partial charge in [-0.25, -0.2) is 4.79 Å². The van der Waals surface area contributed by atoms with E-state index < -0.39 is 6.04 Å². The number of halogens is 1. The maximum Gasteiger partial charge on any atom is 0.315 e. The molecule has 3 amide bonds. The molecule has 0 bridgehead atoms. The van der Waals surface area contributed by atoms with Crippen molar-refractivity contribution in [2.75, 3.05) is 20.6 Å². The second kappa shape index (κ2) is 6.57. The van der Waals surface area contributed by atoms with Crippen LogP contribution >= 0.6 is 11.6 Å². The summed E-state index contributed by atoms with van der Waals surface area (Å²) in [6.45, 7) is 2.23. The molecule has 0 radical (unpaired) electrons. The number of urea groups is 1. The zero-order valence-electron chi connectivity index (χ0n) is 13.1. The third kappa shape index (κ3) is 3.91. The summed E-state index contributed by atoms with van der Waals surface area (Å²) in [5.74, 6) is -0.131. The fraction of sp³-hybridized carbons (Fsp3) is 0.500. The summed E-state index contributed by atoms with van der Waals surface area (Å²) in [4.78, 5) is 25.1. The normalized spacial score (nSPS) is 16.5. The van der Waals surface area contributed by atoms with Gasteiger partial charge in [-0.15, -0.1) is 0 Å². The first kappa shape index (κ1) is 16.6. The lowest BCUT2D eigenvalue weighted by Crippen LogP contribution is -2.49. The SMILES string of the molecule is CC(NC(=O)NCC1(c2ccc(Cl)cc2)CC1)C(=O)N(C)C. The molecule has 2 N–H and O–H groups in total. The first-order valence-electron chi connectivity index (χ1n) is 7.36. The van der Waals surface area contributed by atoms with Gasteiger partial charge < -0.3 is 15.5 Å². The number of carbonyl (C=O) groups excluding carboxylic acids is 2. The number of likely N-dealkylation sites (N-methyl/N-ethyl adjacent to an activating group) is 1. The molecular formula is C16H22ClN3O2. The van der Waals surface area contributed by atoms with Gasteiger partial charge in [0.15, 0.2) is 0 Å². The van der Waals surface area contributed by atoms with Crippen LogP contribution in [0.1, 0.15) is 25.3 Å². The monoisotopic (exact) mass is 323 g/mol. The summed E-state index contributed by atoms with van der Waals surface area (Å²) in [5, 5.41) is 6.24. The van der Waals surface area contributed by atoms with Gasteiger partial charge in [-0.2, -0.15) is 0 Å². The molecular weight excluding hydrogens is 302 g/mol. The van der Waals surface area contributed by atoms with E-state index in [-0.39, 0.29) is 17.4 Å². The number of nitrogens with one attached hydrogen (secondary N) is 2. The smallest absolute Gasteiger partial charge is 0.315 e. The molecule has 1 fully saturated rings. The van der Waals surface area contributed by atoms with Crippen LogP contribution in [0.5, 0.6) is 0 Å². The molecule has 5 nitrogen and oxygen atoms in total. The molecule has 1 aliphatic rings. The van der Waals surface area contributed by atoms with Crippen molar-refractivity contribution in [1.29, 1.82) is 0 Å². The number of benzene rings is 1. The van der Waals surface area contributed by atoms with E-state index in [1.165, 1.54) is 10.5 Å². The van der Waals surface area contributed by atoms with Gasteiger partial charge in [-0.3, -0.25) is 4.79 Å². The van der Waals surface area contributed by atoms with Crippen LogP contribution in [-0.4, -0.2) is 43.5 Å². The highest BCUT2D eigenvalue weighted by molar-refractivity contribution is 6.30. The maximum atomic E-state index is 11.9. The first-order valence-corrected chi connectivity index (χ1v) is 7.73. The third-order valence-corrected chi connectivity index (χ3v) is 4.31. The van der Waals surface area contributed by atoms with Crippen molar-refractivity contribution < 1.29 is 9.59 Å². The molecule has 0 aromatic heterocycles. The fourth-order valence-electron chi connectivity index (χ4n) is 2.47. The van der Waals surface area contributed by atoms with Crippen molar-refractivity contribution in [2.24, 2.45) is 0 Å². The molecule has 22 heavy (non-hydrogen) atoms. The highest BCUT2D eigenvalue weighted by atomic mass is 35.5. The minimum atomic E-state index is -0.541. The fourth-order valence-corrected chi connectivity index (χ4v) is 2.59. The van der Waals surface area contributed by atoms with Crippen LogP contribution in [0.15, 0.2) is 24.3 Å². The zero-order chi connectivity index (χ0) is 16.3. The Morgan fingerprint density at radius 1 is 1.27 bits per heavy atom. The molecule has 2 rings (SSSR count). The quantitative estimate of drug-likeness (QED) is 0.872. The highest BCUT2D eigenvalue weighted by Gasteiger charge is 2.44. The van der Waals surface area contributed by atoms with E-state index >= 15 is 0 Å². The Bertz CT molecular complexity index is 553. The summed E-state index contributed by atoms with van der Waals surface area (Å²) >= 11 is 5.91. The number of hydrogen-bond acceptors (Lipinski definition) is 2. The van der Waals surface area contributed by atoms with Gasteiger partial charge in [-0.1, -0.05) is 23.7 Å². The lowest BCUT2D eigenvalue weighted by atomic mass is 9.96. The van der Waals surface area contributed by atoms with E-state index in [9.17, 15) is 9.59 Å². The standard InChI is InChI=1S/C16H22ClN3O2/c1-11(14(21)20(2)3)19-15(22)18-10-16(8-9-16)12-4-6-13(17)7-5-12/h4-7,11H,8-10H2,1-3H3,(H2,18,19,22). The van der Waals surface area contributed by atoms with Gasteiger partial charge in [-0.05, 0) is 37.5 Å². The van der Waals surface area contributed by atoms with Gasteiger partial charge in [0.1, 0.15) is 6.04 Å². The Balaban J connectivity index is 1.86. The van der Waals surface area contributed by atoms with Crippen molar-refractivity contribution in [1.82, 2.24) is 15.5 Å². The lowest BCUT2D eigenvalue weighted by molar-refractivity contribution is -0.130. The van der Waals surface area contributed by atoms with Crippen LogP contribution in [0, 0.1) is 0 Å². The molecule has 0 saturated heterocycles. The molecule has 1 unspecified atom stereocenters. The van der Waals surface area contributed by atoms with Gasteiger partial charge in [0, 0.05) is 31.1 Å². The van der Waals surface area contributed by atoms with Crippen LogP contribution in [0.4, 0.5) is 4.79 Å². The van der Waals surface area contributed by atoms with E-state index in [2.05, 4.69) is 10.6 Å². The second-order valence-electron chi connectivity index (χ2n) is 6.07. The molecule has 1 saturated carbocycles. The van der Waals surface area contributed by atoms with E-state index in [0.717, 1.165) is 12.8 Å². The number of amides is 3. The predicted octanol–water partition coefficient (Wildman–Crippen LogP) is 2.15. The van der Waals surface area contributed by atoms with E-state index in [0.29, 0.717) is 11.6 Å². The van der Waals surface area contributed by atoms with Crippen LogP contribution in [0.25, 0.3) is 0 Å². The molecule has 120 valence electrons. The Hall–Kier alpha value is -1.75. The minimum absolute atomic E-state index is 0.0106. The molecule has 0 heterocycles. The average molecular weight is 324 g/mol. The molecule has 0 spiro atoms. The minimum Gasteiger partial charge on any atom is -0.347 e. The second-order valence-corrected chi connectivity index (χ2v) is 6.51. The Morgan fingerprint density at radius 3 is 2.36 bits per heavy atom. The third-order valence-electron chi connectivity index (χ3n) is 4.06. The molecule has 1 aromatic rings. The number of rotatable bonds is 5. The number of hydrogen-bond donors (Lipinski definition) is 2. The largest absolute Gasteiger partial charge is 0.347 e. The zero-order valence-corrected chi connectivity index (χ0v) is 13.9. The van der Waals surface area contributed by atoms with Crippen molar-refractivity contribution >= 4 is 23.5 Å². The van der Waals surface area contributed by atoms with Crippen molar-refractivity contribution in [3.05, 3.63) is 34.9 Å². The summed E-state index contributed by atoms with van der Waals surface area (Å²) < 4.78 is 0. The summed E-state index contributed by atoms with van der Waals surface area (Å²) in [7, 11) is 3.33. The van der Waals surface area contributed by atoms with Crippen LogP contribution in [-0.2, 0) is 10.2 Å². The summed E-state index contributed by atoms with van der Waals surface area (Å²) in [6.07, 6.45) is 2.09. The topological polar surface area (TPSA) is 61.4 Å². The number of nitrogens with zero attached hydrogens (tertiary/aromatic N) is 1. The van der Waals surface area contributed by atoms with Crippen molar-refractivity contribution in [3.8, 4) is 0 Å². The number of carbonyl (C=O) groups is 2. The Labute approximate surface area is 136 Å². The van der Waals surface area contributed by atoms with E-state index in [4.69, 9.17) is 11.6 Å². The Morgan fingerprint density at radius 2 is 1.86 bits per heavy atom. The van der Waals surface area contributed by atoms with Gasteiger partial charge in [0.05, 0.1) is 0 Å². The maximum absolute atomic E-state index is 11.9. The van der Waals surface area contributed by atoms with Crippen LogP contribution < -0.4 is 10.6 Å². The molecule has 1 atom stereocenters. The van der Waals surface area contributed by atoms with Crippen molar-refractivity contribution in [3.63, 3.8) is 0 Å². The summed E-state index contributed by atoms with van der Waals surface area (Å²) in [6, 6.07) is 6.90. The lowest BCUT2D eigenvalue weighted by Gasteiger charge is -2.20. The molecule has 6 heteroatoms. The highest BCUT2D eigenvalue weighted by Crippen LogP contribution is 2.47. The van der Waals surface area contributed by atoms with Gasteiger partial charge in [0.2, 0.25) is 5.91 Å². The Kier molecular flexibility index (Phi) is 4.96. The van der Waals surface area contributed by atoms with Gasteiger partial charge >= 0.3 is 6.03 Å². The summed E-state index contributed by atoms with van der Waals surface area (Å²) in [5.41, 5.74) is 1.20. The molecule has 0 aliphatic heterocycles. The van der Waals surface area contributed by atoms with Crippen molar-refractivity contribution in [2.45, 2.75) is 31.2 Å². The molecule has 1 aromatic carbocycles. The van der Waals surface area contributed by atoms with E-state index in [1.807, 2.05) is 24.3 Å². The van der Waals surface area contributed by atoms with Crippen LogP contribution in [0.3, 0.4) is 0 Å². The average Bonchev–Trinajstić information content (AvgIpc) is 3.26. The van der Waals surface area contributed by atoms with E-state index in [1.54, 1.807) is 21.0 Å². The van der Waals surface area contributed by atoms with Gasteiger partial charge in [0.25, 0.3) is 0 Å². The molecule has 1 aliphatic carbocycles. The first-order chi connectivity index (χ1) is 10.3. The predicted molar refractivity (Wildman–Crippen MR) is 87.1 cm³/mol.